The number of aromatic nitrogens is 2. The van der Waals surface area contributed by atoms with Crippen molar-refractivity contribution in [1.29, 1.82) is 0 Å². The number of hydrogen-bond acceptors (Lipinski definition) is 2. The number of rotatable bonds is 4. The van der Waals surface area contributed by atoms with Gasteiger partial charge in [0.15, 0.2) is 0 Å². The van der Waals surface area contributed by atoms with Gasteiger partial charge in [0.2, 0.25) is 0 Å². The molecule has 25 heavy (non-hydrogen) atoms. The zero-order valence-electron chi connectivity index (χ0n) is 13.8. The number of H-pyrrole nitrogens is 1. The molecule has 0 unspecified atom stereocenters. The predicted molar refractivity (Wildman–Crippen MR) is 104 cm³/mol. The van der Waals surface area contributed by atoms with E-state index in [0.29, 0.717) is 0 Å². The summed E-state index contributed by atoms with van der Waals surface area (Å²) >= 11 is 6.09. The molecule has 0 saturated heterocycles. The largest absolute Gasteiger partial charge is 0.359 e. The summed E-state index contributed by atoms with van der Waals surface area (Å²) in [6.45, 7) is 2.11. The highest BCUT2D eigenvalue weighted by atomic mass is 35.5. The molecule has 0 aliphatic rings. The number of anilines is 1. The Hall–Kier alpha value is -2.78. The van der Waals surface area contributed by atoms with E-state index in [-0.39, 0.29) is 6.04 Å². The van der Waals surface area contributed by atoms with E-state index in [2.05, 4.69) is 52.5 Å². The Kier molecular flexibility index (Phi) is 4.16. The van der Waals surface area contributed by atoms with Crippen LogP contribution in [-0.2, 0) is 0 Å². The normalized spacial score (nSPS) is 12.2. The fraction of sp³-hybridized carbons (Fsp3) is 0.0952. The average molecular weight is 348 g/mol. The first-order chi connectivity index (χ1) is 12.2. The molecule has 0 saturated carbocycles. The fourth-order valence-corrected chi connectivity index (χ4v) is 3.37. The Morgan fingerprint density at radius 2 is 1.72 bits per heavy atom. The van der Waals surface area contributed by atoms with Crippen LogP contribution in [0.1, 0.15) is 22.9 Å². The van der Waals surface area contributed by atoms with Gasteiger partial charge in [-0.2, -0.15) is 0 Å². The van der Waals surface area contributed by atoms with Crippen LogP contribution in [0.5, 0.6) is 0 Å². The summed E-state index contributed by atoms with van der Waals surface area (Å²) in [7, 11) is 0. The maximum Gasteiger partial charge on any atom is 0.126 e. The number of aryl methyl sites for hydroxylation is 1. The number of benzene rings is 2. The molecule has 0 bridgehead atoms. The second-order valence-electron chi connectivity index (χ2n) is 6.05. The van der Waals surface area contributed by atoms with E-state index in [4.69, 9.17) is 11.6 Å². The maximum atomic E-state index is 6.09. The molecule has 0 aliphatic carbocycles. The number of nitrogens with zero attached hydrogens (tertiary/aromatic N) is 1. The van der Waals surface area contributed by atoms with Crippen molar-refractivity contribution in [3.63, 3.8) is 0 Å². The van der Waals surface area contributed by atoms with Gasteiger partial charge < -0.3 is 10.3 Å². The van der Waals surface area contributed by atoms with Gasteiger partial charge in [0, 0.05) is 33.4 Å². The number of aromatic amines is 1. The summed E-state index contributed by atoms with van der Waals surface area (Å²) in [4.78, 5) is 7.92. The van der Waals surface area contributed by atoms with Crippen molar-refractivity contribution >= 4 is 28.3 Å². The van der Waals surface area contributed by atoms with Crippen LogP contribution in [0.2, 0.25) is 5.02 Å². The van der Waals surface area contributed by atoms with Gasteiger partial charge in [0.05, 0.1) is 6.04 Å². The van der Waals surface area contributed by atoms with Crippen molar-refractivity contribution in [2.75, 3.05) is 5.32 Å². The molecule has 0 radical (unpaired) electrons. The summed E-state index contributed by atoms with van der Waals surface area (Å²) in [6, 6.07) is 22.2. The van der Waals surface area contributed by atoms with E-state index >= 15 is 0 Å². The van der Waals surface area contributed by atoms with Crippen LogP contribution in [-0.4, -0.2) is 9.97 Å². The standard InChI is InChI=1S/C21H18ClN3/c1-14-20(17-6-2-3-7-18(17)24-14)21(15-9-11-16(22)12-10-15)25-19-8-4-5-13-23-19/h2-13,21,24H,1H3,(H,23,25)/t21-/m1/s1. The average Bonchev–Trinajstić information content (AvgIpc) is 2.97. The van der Waals surface area contributed by atoms with Gasteiger partial charge >= 0.3 is 0 Å². The molecule has 124 valence electrons. The van der Waals surface area contributed by atoms with Crippen LogP contribution in [0.3, 0.4) is 0 Å². The Bertz CT molecular complexity index is 991. The number of halogens is 1. The van der Waals surface area contributed by atoms with E-state index in [0.717, 1.165) is 27.6 Å². The van der Waals surface area contributed by atoms with Crippen molar-refractivity contribution in [3.8, 4) is 0 Å². The van der Waals surface area contributed by atoms with E-state index in [1.807, 2.05) is 36.4 Å². The Morgan fingerprint density at radius 1 is 0.960 bits per heavy atom. The van der Waals surface area contributed by atoms with Crippen LogP contribution < -0.4 is 5.32 Å². The number of para-hydroxylation sites is 1. The molecule has 4 aromatic rings. The lowest BCUT2D eigenvalue weighted by Gasteiger charge is -2.21. The molecule has 2 heterocycles. The van der Waals surface area contributed by atoms with Gasteiger partial charge in [-0.25, -0.2) is 4.98 Å². The summed E-state index contributed by atoms with van der Waals surface area (Å²) in [5.74, 6) is 0.840. The molecule has 4 heteroatoms. The molecule has 2 N–H and O–H groups in total. The zero-order chi connectivity index (χ0) is 17.2. The van der Waals surface area contributed by atoms with E-state index in [1.54, 1.807) is 6.20 Å². The Labute approximate surface area is 151 Å². The molecule has 0 spiro atoms. The topological polar surface area (TPSA) is 40.7 Å². The SMILES string of the molecule is Cc1[nH]c2ccccc2c1[C@H](Nc1ccccn1)c1ccc(Cl)cc1. The number of pyridine rings is 1. The van der Waals surface area contributed by atoms with Gasteiger partial charge in [-0.3, -0.25) is 0 Å². The molecule has 3 nitrogen and oxygen atoms in total. The highest BCUT2D eigenvalue weighted by molar-refractivity contribution is 6.30. The molecular weight excluding hydrogens is 330 g/mol. The Balaban J connectivity index is 1.87. The maximum absolute atomic E-state index is 6.09. The third-order valence-electron chi connectivity index (χ3n) is 4.39. The molecule has 0 amide bonds. The van der Waals surface area contributed by atoms with Gasteiger partial charge in [-0.1, -0.05) is 48.0 Å². The monoisotopic (exact) mass is 347 g/mol. The lowest BCUT2D eigenvalue weighted by molar-refractivity contribution is 0.921. The quantitative estimate of drug-likeness (QED) is 0.495. The molecule has 2 aromatic heterocycles. The lowest BCUT2D eigenvalue weighted by atomic mass is 9.96. The van der Waals surface area contributed by atoms with Crippen molar-refractivity contribution in [2.24, 2.45) is 0 Å². The van der Waals surface area contributed by atoms with Crippen LogP contribution in [0, 0.1) is 6.92 Å². The third kappa shape index (κ3) is 3.11. The summed E-state index contributed by atoms with van der Waals surface area (Å²) in [5.41, 5.74) is 4.65. The predicted octanol–water partition coefficient (Wildman–Crippen LogP) is 5.73. The minimum atomic E-state index is -0.0247. The fourth-order valence-electron chi connectivity index (χ4n) is 3.24. The first-order valence-corrected chi connectivity index (χ1v) is 8.60. The second kappa shape index (κ2) is 6.61. The van der Waals surface area contributed by atoms with Crippen LogP contribution in [0.4, 0.5) is 5.82 Å². The summed E-state index contributed by atoms with van der Waals surface area (Å²) in [5, 5.41) is 5.52. The Morgan fingerprint density at radius 3 is 2.48 bits per heavy atom. The number of nitrogens with one attached hydrogen (secondary N) is 2. The van der Waals surface area contributed by atoms with Crippen LogP contribution in [0.15, 0.2) is 72.9 Å². The molecule has 0 fully saturated rings. The molecule has 2 aromatic carbocycles. The van der Waals surface area contributed by atoms with Crippen molar-refractivity contribution in [1.82, 2.24) is 9.97 Å². The second-order valence-corrected chi connectivity index (χ2v) is 6.49. The van der Waals surface area contributed by atoms with E-state index in [9.17, 15) is 0 Å². The minimum absolute atomic E-state index is 0.0247. The van der Waals surface area contributed by atoms with Crippen molar-refractivity contribution < 1.29 is 0 Å². The van der Waals surface area contributed by atoms with Gasteiger partial charge in [-0.05, 0) is 42.8 Å². The molecule has 4 rings (SSSR count). The van der Waals surface area contributed by atoms with Gasteiger partial charge in [0.25, 0.3) is 0 Å². The molecular formula is C21H18ClN3. The molecule has 1 atom stereocenters. The smallest absolute Gasteiger partial charge is 0.126 e. The number of fused-ring (bicyclic) bond motifs is 1. The first kappa shape index (κ1) is 15.7. The highest BCUT2D eigenvalue weighted by Gasteiger charge is 2.21. The summed E-state index contributed by atoms with van der Waals surface area (Å²) < 4.78 is 0. The van der Waals surface area contributed by atoms with Crippen LogP contribution >= 0.6 is 11.6 Å². The first-order valence-electron chi connectivity index (χ1n) is 8.22. The van der Waals surface area contributed by atoms with E-state index < -0.39 is 0 Å². The molecule has 0 aliphatic heterocycles. The highest BCUT2D eigenvalue weighted by Crippen LogP contribution is 2.34. The van der Waals surface area contributed by atoms with Crippen molar-refractivity contribution in [3.05, 3.63) is 94.8 Å². The summed E-state index contributed by atoms with van der Waals surface area (Å²) in [6.07, 6.45) is 1.79. The van der Waals surface area contributed by atoms with Gasteiger partial charge in [0.1, 0.15) is 5.82 Å². The lowest BCUT2D eigenvalue weighted by Crippen LogP contribution is -2.14. The minimum Gasteiger partial charge on any atom is -0.359 e. The third-order valence-corrected chi connectivity index (χ3v) is 4.64. The van der Waals surface area contributed by atoms with E-state index in [1.165, 1.54) is 10.9 Å². The van der Waals surface area contributed by atoms with Gasteiger partial charge in [-0.15, -0.1) is 0 Å². The van der Waals surface area contributed by atoms with Crippen LogP contribution in [0.25, 0.3) is 10.9 Å². The zero-order valence-corrected chi connectivity index (χ0v) is 14.6. The number of hydrogen-bond donors (Lipinski definition) is 2. The van der Waals surface area contributed by atoms with Crippen molar-refractivity contribution in [2.45, 2.75) is 13.0 Å².